The van der Waals surface area contributed by atoms with Crippen molar-refractivity contribution in [3.8, 4) is 5.75 Å². The maximum Gasteiger partial charge on any atom is 0.123 e. The maximum atomic E-state index is 12.6. The summed E-state index contributed by atoms with van der Waals surface area (Å²) in [5, 5.41) is 9.19. The van der Waals surface area contributed by atoms with Gasteiger partial charge >= 0.3 is 0 Å². The fraction of sp³-hybridized carbons (Fsp3) is 0.273. The maximum absolute atomic E-state index is 12.6. The van der Waals surface area contributed by atoms with Gasteiger partial charge in [-0.2, -0.15) is 0 Å². The third kappa shape index (κ3) is 2.12. The minimum atomic E-state index is -0.416. The Balaban J connectivity index is 1.98. The van der Waals surface area contributed by atoms with Crippen molar-refractivity contribution in [2.45, 2.75) is 18.6 Å². The van der Waals surface area contributed by atoms with Crippen LogP contribution >= 0.6 is 0 Å². The van der Waals surface area contributed by atoms with Crippen LogP contribution in [0.5, 0.6) is 5.75 Å². The van der Waals surface area contributed by atoms with Gasteiger partial charge in [0.2, 0.25) is 0 Å². The van der Waals surface area contributed by atoms with Gasteiger partial charge in [0.1, 0.15) is 17.7 Å². The van der Waals surface area contributed by atoms with Crippen molar-refractivity contribution in [2.75, 3.05) is 0 Å². The molecule has 14 heavy (non-hydrogen) atoms. The van der Waals surface area contributed by atoms with E-state index in [4.69, 9.17) is 4.74 Å². The van der Waals surface area contributed by atoms with Crippen LogP contribution in [0.3, 0.4) is 0 Å². The predicted octanol–water partition coefficient (Wildman–Crippen LogP) is 1.89. The number of aliphatic hydroxyl groups is 1. The van der Waals surface area contributed by atoms with Crippen molar-refractivity contribution in [1.29, 1.82) is 0 Å². The molecule has 1 aromatic rings. The van der Waals surface area contributed by atoms with Crippen LogP contribution in [0.2, 0.25) is 0 Å². The minimum Gasteiger partial charge on any atom is -0.486 e. The van der Waals surface area contributed by atoms with Crippen LogP contribution in [0.15, 0.2) is 36.4 Å². The lowest BCUT2D eigenvalue weighted by molar-refractivity contribution is 0.165. The van der Waals surface area contributed by atoms with Gasteiger partial charge in [-0.25, -0.2) is 4.39 Å². The summed E-state index contributed by atoms with van der Waals surface area (Å²) in [6.45, 7) is 0. The van der Waals surface area contributed by atoms with Crippen LogP contribution in [-0.4, -0.2) is 17.3 Å². The lowest BCUT2D eigenvalue weighted by Crippen LogP contribution is -2.13. The van der Waals surface area contributed by atoms with Crippen LogP contribution in [-0.2, 0) is 0 Å². The van der Waals surface area contributed by atoms with Crippen molar-refractivity contribution >= 4 is 0 Å². The zero-order valence-electron chi connectivity index (χ0n) is 7.56. The van der Waals surface area contributed by atoms with Crippen molar-refractivity contribution in [2.24, 2.45) is 0 Å². The summed E-state index contributed by atoms with van der Waals surface area (Å²) in [7, 11) is 0. The molecule has 0 radical (unpaired) electrons. The average Bonchev–Trinajstić information content (AvgIpc) is 2.56. The molecule has 0 spiro atoms. The Kier molecular flexibility index (Phi) is 2.50. The number of ether oxygens (including phenoxy) is 1. The largest absolute Gasteiger partial charge is 0.486 e. The van der Waals surface area contributed by atoms with Crippen molar-refractivity contribution < 1.29 is 14.2 Å². The van der Waals surface area contributed by atoms with Crippen LogP contribution in [0.25, 0.3) is 0 Å². The molecular weight excluding hydrogens is 183 g/mol. The Morgan fingerprint density at radius 1 is 1.21 bits per heavy atom. The molecule has 1 aromatic carbocycles. The quantitative estimate of drug-likeness (QED) is 0.728. The first-order chi connectivity index (χ1) is 6.74. The first-order valence-corrected chi connectivity index (χ1v) is 4.52. The highest BCUT2D eigenvalue weighted by Gasteiger charge is 2.17. The van der Waals surface area contributed by atoms with E-state index >= 15 is 0 Å². The molecule has 1 N–H and O–H groups in total. The predicted molar refractivity (Wildman–Crippen MR) is 50.6 cm³/mol. The van der Waals surface area contributed by atoms with Crippen LogP contribution in [0, 0.1) is 5.82 Å². The topological polar surface area (TPSA) is 29.5 Å². The molecule has 0 fully saturated rings. The van der Waals surface area contributed by atoms with Gasteiger partial charge in [0, 0.05) is 6.42 Å². The van der Waals surface area contributed by atoms with Crippen LogP contribution in [0.4, 0.5) is 4.39 Å². The molecule has 0 aromatic heterocycles. The number of aliphatic hydroxyl groups excluding tert-OH is 1. The molecule has 2 rings (SSSR count). The Hall–Kier alpha value is -1.35. The summed E-state index contributed by atoms with van der Waals surface area (Å²) >= 11 is 0. The van der Waals surface area contributed by atoms with Crippen molar-refractivity contribution in [3.63, 3.8) is 0 Å². The molecule has 2 unspecified atom stereocenters. The fourth-order valence-electron chi connectivity index (χ4n) is 1.42. The molecule has 0 saturated heterocycles. The molecule has 0 aliphatic heterocycles. The molecule has 74 valence electrons. The van der Waals surface area contributed by atoms with Crippen LogP contribution in [0.1, 0.15) is 6.42 Å². The van der Waals surface area contributed by atoms with E-state index in [0.717, 1.165) is 0 Å². The van der Waals surface area contributed by atoms with E-state index < -0.39 is 6.10 Å². The van der Waals surface area contributed by atoms with E-state index in [9.17, 15) is 9.50 Å². The first-order valence-electron chi connectivity index (χ1n) is 4.52. The van der Waals surface area contributed by atoms with Crippen LogP contribution < -0.4 is 4.74 Å². The van der Waals surface area contributed by atoms with E-state index in [2.05, 4.69) is 0 Å². The summed E-state index contributed by atoms with van der Waals surface area (Å²) in [5.74, 6) is 0.342. The van der Waals surface area contributed by atoms with E-state index in [1.807, 2.05) is 6.08 Å². The number of benzene rings is 1. The van der Waals surface area contributed by atoms with E-state index in [1.165, 1.54) is 12.1 Å². The smallest absolute Gasteiger partial charge is 0.123 e. The minimum absolute atomic E-state index is 0.101. The Morgan fingerprint density at radius 3 is 2.50 bits per heavy atom. The monoisotopic (exact) mass is 194 g/mol. The molecule has 3 heteroatoms. The molecule has 1 aliphatic rings. The normalized spacial score (nSPS) is 25.3. The highest BCUT2D eigenvalue weighted by Crippen LogP contribution is 2.19. The summed E-state index contributed by atoms with van der Waals surface area (Å²) in [6.07, 6.45) is 3.57. The standard InChI is InChI=1S/C11H11FO2/c12-8-1-4-10(5-2-8)14-11-6-3-9(13)7-11/h1-6,9,11,13H,7H2. The third-order valence-corrected chi connectivity index (χ3v) is 2.12. The first kappa shape index (κ1) is 9.21. The van der Waals surface area contributed by atoms with E-state index in [0.29, 0.717) is 12.2 Å². The molecule has 0 heterocycles. The summed E-state index contributed by atoms with van der Waals surface area (Å²) < 4.78 is 18.0. The zero-order chi connectivity index (χ0) is 9.97. The number of rotatable bonds is 2. The number of hydrogen-bond donors (Lipinski definition) is 1. The Morgan fingerprint density at radius 2 is 1.93 bits per heavy atom. The molecule has 1 aliphatic carbocycles. The van der Waals surface area contributed by atoms with Gasteiger partial charge in [0.05, 0.1) is 6.10 Å². The summed E-state index contributed by atoms with van der Waals surface area (Å²) in [5.41, 5.74) is 0. The van der Waals surface area contributed by atoms with Gasteiger partial charge in [-0.3, -0.25) is 0 Å². The SMILES string of the molecule is OC1C=CC(Oc2ccc(F)cc2)C1. The molecule has 2 nitrogen and oxygen atoms in total. The Bertz CT molecular complexity index is 332. The molecule has 2 atom stereocenters. The van der Waals surface area contributed by atoms with Gasteiger partial charge < -0.3 is 9.84 Å². The Labute approximate surface area is 81.6 Å². The van der Waals surface area contributed by atoms with Crippen molar-refractivity contribution in [1.82, 2.24) is 0 Å². The lowest BCUT2D eigenvalue weighted by atomic mass is 10.2. The second-order valence-electron chi connectivity index (χ2n) is 3.30. The molecule has 0 amide bonds. The number of hydrogen-bond acceptors (Lipinski definition) is 2. The summed E-state index contributed by atoms with van der Waals surface area (Å²) in [6, 6.07) is 5.86. The van der Waals surface area contributed by atoms with Gasteiger partial charge in [-0.05, 0) is 30.3 Å². The zero-order valence-corrected chi connectivity index (χ0v) is 7.56. The van der Waals surface area contributed by atoms with Crippen molar-refractivity contribution in [3.05, 3.63) is 42.2 Å². The molecule has 0 bridgehead atoms. The second-order valence-corrected chi connectivity index (χ2v) is 3.30. The molecular formula is C11H11FO2. The highest BCUT2D eigenvalue weighted by molar-refractivity contribution is 5.23. The fourth-order valence-corrected chi connectivity index (χ4v) is 1.42. The third-order valence-electron chi connectivity index (χ3n) is 2.12. The average molecular weight is 194 g/mol. The number of halogens is 1. The van der Waals surface area contributed by atoms with Gasteiger partial charge in [-0.15, -0.1) is 0 Å². The van der Waals surface area contributed by atoms with Gasteiger partial charge in [-0.1, -0.05) is 6.08 Å². The molecule has 0 saturated carbocycles. The highest BCUT2D eigenvalue weighted by atomic mass is 19.1. The van der Waals surface area contributed by atoms with E-state index in [-0.39, 0.29) is 11.9 Å². The second kappa shape index (κ2) is 3.80. The van der Waals surface area contributed by atoms with Gasteiger partial charge in [0.15, 0.2) is 0 Å². The lowest BCUT2D eigenvalue weighted by Gasteiger charge is -2.12. The summed E-state index contributed by atoms with van der Waals surface area (Å²) in [4.78, 5) is 0. The van der Waals surface area contributed by atoms with E-state index in [1.54, 1.807) is 18.2 Å². The van der Waals surface area contributed by atoms with Gasteiger partial charge in [0.25, 0.3) is 0 Å².